The van der Waals surface area contributed by atoms with Crippen molar-refractivity contribution in [3.63, 3.8) is 0 Å². The molecule has 0 spiro atoms. The lowest BCUT2D eigenvalue weighted by molar-refractivity contribution is 0.0566. The van der Waals surface area contributed by atoms with E-state index in [0.29, 0.717) is 35.1 Å². The predicted molar refractivity (Wildman–Crippen MR) is 77.8 cm³/mol. The highest BCUT2D eigenvalue weighted by atomic mass is 32.1. The molecule has 0 bridgehead atoms. The van der Waals surface area contributed by atoms with E-state index in [1.807, 2.05) is 11.8 Å². The van der Waals surface area contributed by atoms with Crippen LogP contribution in [-0.4, -0.2) is 46.8 Å². The van der Waals surface area contributed by atoms with Crippen LogP contribution >= 0.6 is 11.3 Å². The number of ether oxygens (including phenoxy) is 1. The SMILES string of the molecule is CC1CN(C(=O)c2sc3nnccc3c2N)CCCO1. The second kappa shape index (κ2) is 5.34. The maximum Gasteiger partial charge on any atom is 0.266 e. The molecule has 0 aliphatic carbocycles. The minimum atomic E-state index is -0.0390. The fraction of sp³-hybridized carbons (Fsp3) is 0.462. The molecule has 2 aromatic rings. The molecule has 1 amide bonds. The van der Waals surface area contributed by atoms with Gasteiger partial charge in [-0.2, -0.15) is 5.10 Å². The molecule has 1 aliphatic heterocycles. The second-order valence-electron chi connectivity index (χ2n) is 4.88. The number of rotatable bonds is 1. The highest BCUT2D eigenvalue weighted by Crippen LogP contribution is 2.32. The fourth-order valence-electron chi connectivity index (χ4n) is 2.35. The van der Waals surface area contributed by atoms with E-state index in [1.54, 1.807) is 12.3 Å². The lowest BCUT2D eigenvalue weighted by atomic mass is 10.2. The molecular weight excluding hydrogens is 276 g/mol. The Morgan fingerprint density at radius 3 is 3.25 bits per heavy atom. The van der Waals surface area contributed by atoms with Crippen molar-refractivity contribution in [2.75, 3.05) is 25.4 Å². The molecule has 106 valence electrons. The molecular formula is C13H16N4O2S. The summed E-state index contributed by atoms with van der Waals surface area (Å²) in [6, 6.07) is 1.79. The van der Waals surface area contributed by atoms with E-state index < -0.39 is 0 Å². The van der Waals surface area contributed by atoms with Crippen molar-refractivity contribution in [2.24, 2.45) is 0 Å². The average molecular weight is 292 g/mol. The maximum atomic E-state index is 12.6. The number of nitrogen functional groups attached to an aromatic ring is 1. The summed E-state index contributed by atoms with van der Waals surface area (Å²) in [6.45, 7) is 3.96. The molecule has 1 saturated heterocycles. The van der Waals surface area contributed by atoms with Crippen LogP contribution in [0, 0.1) is 0 Å². The number of hydrogen-bond donors (Lipinski definition) is 1. The Bertz CT molecular complexity index is 642. The Labute approximate surface area is 120 Å². The summed E-state index contributed by atoms with van der Waals surface area (Å²) in [5, 5.41) is 8.64. The molecule has 2 aromatic heterocycles. The van der Waals surface area contributed by atoms with Crippen molar-refractivity contribution < 1.29 is 9.53 Å². The van der Waals surface area contributed by atoms with Gasteiger partial charge in [0.25, 0.3) is 5.91 Å². The molecule has 0 aromatic carbocycles. The van der Waals surface area contributed by atoms with Crippen molar-refractivity contribution >= 4 is 33.1 Å². The van der Waals surface area contributed by atoms with E-state index in [1.165, 1.54) is 11.3 Å². The van der Waals surface area contributed by atoms with Crippen LogP contribution in [0.15, 0.2) is 12.3 Å². The number of anilines is 1. The van der Waals surface area contributed by atoms with Gasteiger partial charge >= 0.3 is 0 Å². The van der Waals surface area contributed by atoms with Crippen LogP contribution in [0.4, 0.5) is 5.69 Å². The number of carbonyl (C=O) groups excluding carboxylic acids is 1. The number of nitrogens with zero attached hydrogens (tertiary/aromatic N) is 3. The van der Waals surface area contributed by atoms with Crippen molar-refractivity contribution in [1.82, 2.24) is 15.1 Å². The molecule has 0 radical (unpaired) electrons. The summed E-state index contributed by atoms with van der Waals surface area (Å²) in [7, 11) is 0. The standard InChI is InChI=1S/C13H16N4O2S/c1-8-7-17(5-2-6-19-8)13(18)11-10(14)9-3-4-15-16-12(9)20-11/h3-4,8H,2,5-7,14H2,1H3. The lowest BCUT2D eigenvalue weighted by Crippen LogP contribution is -2.35. The Hall–Kier alpha value is -1.73. The summed E-state index contributed by atoms with van der Waals surface area (Å²) in [5.74, 6) is -0.0390. The monoisotopic (exact) mass is 292 g/mol. The molecule has 3 rings (SSSR count). The van der Waals surface area contributed by atoms with E-state index in [4.69, 9.17) is 10.5 Å². The molecule has 1 unspecified atom stereocenters. The van der Waals surface area contributed by atoms with Gasteiger partial charge in [0.1, 0.15) is 9.71 Å². The third kappa shape index (κ3) is 2.34. The zero-order valence-electron chi connectivity index (χ0n) is 11.2. The molecule has 0 saturated carbocycles. The van der Waals surface area contributed by atoms with Crippen LogP contribution in [-0.2, 0) is 4.74 Å². The highest BCUT2D eigenvalue weighted by Gasteiger charge is 2.25. The molecule has 2 N–H and O–H groups in total. The smallest absolute Gasteiger partial charge is 0.266 e. The van der Waals surface area contributed by atoms with Crippen LogP contribution in [0.5, 0.6) is 0 Å². The van der Waals surface area contributed by atoms with Crippen LogP contribution in [0.25, 0.3) is 10.2 Å². The van der Waals surface area contributed by atoms with E-state index in [9.17, 15) is 4.79 Å². The number of amides is 1. The Morgan fingerprint density at radius 2 is 2.45 bits per heavy atom. The number of hydrogen-bond acceptors (Lipinski definition) is 6. The van der Waals surface area contributed by atoms with Gasteiger partial charge < -0.3 is 15.4 Å². The van der Waals surface area contributed by atoms with Crippen LogP contribution < -0.4 is 5.73 Å². The molecule has 1 fully saturated rings. The first-order valence-electron chi connectivity index (χ1n) is 6.57. The molecule has 1 atom stereocenters. The number of fused-ring (bicyclic) bond motifs is 1. The van der Waals surface area contributed by atoms with Gasteiger partial charge in [-0.1, -0.05) is 0 Å². The molecule has 6 nitrogen and oxygen atoms in total. The van der Waals surface area contributed by atoms with Crippen molar-refractivity contribution in [3.8, 4) is 0 Å². The van der Waals surface area contributed by atoms with Gasteiger partial charge in [-0.15, -0.1) is 16.4 Å². The normalized spacial score (nSPS) is 20.1. The molecule has 3 heterocycles. The van der Waals surface area contributed by atoms with Crippen LogP contribution in [0.2, 0.25) is 0 Å². The maximum absolute atomic E-state index is 12.6. The van der Waals surface area contributed by atoms with Gasteiger partial charge in [0.15, 0.2) is 0 Å². The Balaban J connectivity index is 1.93. The fourth-order valence-corrected chi connectivity index (χ4v) is 3.36. The van der Waals surface area contributed by atoms with E-state index in [0.717, 1.165) is 11.8 Å². The van der Waals surface area contributed by atoms with E-state index in [2.05, 4.69) is 10.2 Å². The number of carbonyl (C=O) groups is 1. The second-order valence-corrected chi connectivity index (χ2v) is 5.88. The third-order valence-electron chi connectivity index (χ3n) is 3.35. The highest BCUT2D eigenvalue weighted by molar-refractivity contribution is 7.21. The Kier molecular flexibility index (Phi) is 3.54. The predicted octanol–water partition coefficient (Wildman–Crippen LogP) is 1.52. The quantitative estimate of drug-likeness (QED) is 0.862. The number of nitrogens with two attached hydrogens (primary N) is 1. The van der Waals surface area contributed by atoms with E-state index >= 15 is 0 Å². The summed E-state index contributed by atoms with van der Waals surface area (Å²) in [6.07, 6.45) is 2.49. The van der Waals surface area contributed by atoms with Gasteiger partial charge in [-0.05, 0) is 19.4 Å². The molecule has 7 heteroatoms. The summed E-state index contributed by atoms with van der Waals surface area (Å²) < 4.78 is 5.56. The first kappa shape index (κ1) is 13.3. The molecule has 1 aliphatic rings. The van der Waals surface area contributed by atoms with Gasteiger partial charge in [0.05, 0.1) is 18.0 Å². The zero-order chi connectivity index (χ0) is 14.1. The number of aromatic nitrogens is 2. The summed E-state index contributed by atoms with van der Waals surface area (Å²) >= 11 is 1.30. The zero-order valence-corrected chi connectivity index (χ0v) is 12.0. The van der Waals surface area contributed by atoms with Gasteiger partial charge in [-0.3, -0.25) is 4.79 Å². The summed E-state index contributed by atoms with van der Waals surface area (Å²) in [5.41, 5.74) is 6.59. The molecule has 20 heavy (non-hydrogen) atoms. The van der Waals surface area contributed by atoms with Crippen molar-refractivity contribution in [2.45, 2.75) is 19.4 Å². The average Bonchev–Trinajstić information content (AvgIpc) is 2.64. The minimum absolute atomic E-state index is 0.0390. The van der Waals surface area contributed by atoms with E-state index in [-0.39, 0.29) is 12.0 Å². The van der Waals surface area contributed by atoms with Crippen molar-refractivity contribution in [3.05, 3.63) is 17.1 Å². The Morgan fingerprint density at radius 1 is 1.60 bits per heavy atom. The van der Waals surface area contributed by atoms with Gasteiger partial charge in [0, 0.05) is 25.1 Å². The lowest BCUT2D eigenvalue weighted by Gasteiger charge is -2.21. The van der Waals surface area contributed by atoms with Crippen LogP contribution in [0.1, 0.15) is 23.0 Å². The minimum Gasteiger partial charge on any atom is -0.397 e. The topological polar surface area (TPSA) is 81.3 Å². The largest absolute Gasteiger partial charge is 0.397 e. The number of thiophene rings is 1. The van der Waals surface area contributed by atoms with Gasteiger partial charge in [0.2, 0.25) is 0 Å². The van der Waals surface area contributed by atoms with Gasteiger partial charge in [-0.25, -0.2) is 0 Å². The first-order chi connectivity index (χ1) is 9.66. The first-order valence-corrected chi connectivity index (χ1v) is 7.39. The summed E-state index contributed by atoms with van der Waals surface area (Å²) in [4.78, 5) is 15.7. The third-order valence-corrected chi connectivity index (χ3v) is 4.45. The van der Waals surface area contributed by atoms with Crippen molar-refractivity contribution in [1.29, 1.82) is 0 Å². The van der Waals surface area contributed by atoms with Crippen LogP contribution in [0.3, 0.4) is 0 Å².